The number of nitrogens with two attached hydrogens (primary N) is 1. The zero-order valence-corrected chi connectivity index (χ0v) is 12.6. The molecule has 1 saturated heterocycles. The first-order chi connectivity index (χ1) is 10.2. The van der Waals surface area contributed by atoms with E-state index in [1.807, 2.05) is 0 Å². The third kappa shape index (κ3) is 2.91. The number of carbonyl (C=O) groups excluding carboxylic acids is 1. The first kappa shape index (κ1) is 14.4. The van der Waals surface area contributed by atoms with Crippen molar-refractivity contribution in [2.45, 2.75) is 37.5 Å². The van der Waals surface area contributed by atoms with Crippen LogP contribution in [-0.4, -0.2) is 32.1 Å². The van der Waals surface area contributed by atoms with Gasteiger partial charge in [-0.25, -0.2) is 0 Å². The minimum atomic E-state index is 0.107. The van der Waals surface area contributed by atoms with Gasteiger partial charge >= 0.3 is 0 Å². The summed E-state index contributed by atoms with van der Waals surface area (Å²) in [6.45, 7) is 2.81. The molecule has 1 aliphatic heterocycles. The molecule has 4 nitrogen and oxygen atoms in total. The largest absolute Gasteiger partial charge is 0.360 e. The second-order valence-electron chi connectivity index (χ2n) is 6.36. The molecule has 2 fully saturated rings. The van der Waals surface area contributed by atoms with Gasteiger partial charge in [0, 0.05) is 30.7 Å². The van der Waals surface area contributed by atoms with Crippen LogP contribution in [0.4, 0.5) is 5.69 Å². The van der Waals surface area contributed by atoms with Gasteiger partial charge in [-0.1, -0.05) is 31.4 Å². The van der Waals surface area contributed by atoms with Gasteiger partial charge in [-0.2, -0.15) is 0 Å². The lowest BCUT2D eigenvalue weighted by Crippen LogP contribution is -2.47. The van der Waals surface area contributed by atoms with Gasteiger partial charge in [-0.3, -0.25) is 4.79 Å². The molecule has 1 aliphatic carbocycles. The highest BCUT2D eigenvalue weighted by Crippen LogP contribution is 2.39. The molecule has 0 spiro atoms. The normalized spacial score (nSPS) is 22.0. The van der Waals surface area contributed by atoms with Crippen molar-refractivity contribution in [3.8, 4) is 0 Å². The fourth-order valence-electron chi connectivity index (χ4n) is 3.72. The quantitative estimate of drug-likeness (QED) is 0.891. The lowest BCUT2D eigenvalue weighted by molar-refractivity contribution is -0.120. The highest BCUT2D eigenvalue weighted by molar-refractivity contribution is 5.82. The summed E-state index contributed by atoms with van der Waals surface area (Å²) in [6.07, 6.45) is 6.31. The van der Waals surface area contributed by atoms with Crippen LogP contribution in [0.25, 0.3) is 0 Å². The number of nitrogens with zero attached hydrogens (tertiary/aromatic N) is 1. The number of amides is 1. The maximum Gasteiger partial charge on any atom is 0.239 e. The molecule has 0 bridgehead atoms. The van der Waals surface area contributed by atoms with Gasteiger partial charge in [0.15, 0.2) is 0 Å². The van der Waals surface area contributed by atoms with Crippen molar-refractivity contribution in [3.05, 3.63) is 29.8 Å². The maximum atomic E-state index is 11.5. The third-order valence-corrected chi connectivity index (χ3v) is 5.08. The topological polar surface area (TPSA) is 58.4 Å². The predicted molar refractivity (Wildman–Crippen MR) is 85.5 cm³/mol. The molecule has 1 aromatic carbocycles. The van der Waals surface area contributed by atoms with Crippen LogP contribution >= 0.6 is 0 Å². The van der Waals surface area contributed by atoms with E-state index in [1.54, 1.807) is 0 Å². The standard InChI is InChI=1S/C17H25N3O/c18-13-17(8-2-1-3-9-17)14-4-6-15(7-5-14)20-11-10-19-16(21)12-20/h4-7H,1-3,8-13,18H2,(H,19,21). The predicted octanol–water partition coefficient (Wildman–Crippen LogP) is 1.78. The maximum absolute atomic E-state index is 11.5. The summed E-state index contributed by atoms with van der Waals surface area (Å²) in [4.78, 5) is 13.6. The number of rotatable bonds is 3. The van der Waals surface area contributed by atoms with Crippen molar-refractivity contribution in [3.63, 3.8) is 0 Å². The van der Waals surface area contributed by atoms with Crippen molar-refractivity contribution < 1.29 is 4.79 Å². The van der Waals surface area contributed by atoms with Gasteiger partial charge in [0.2, 0.25) is 5.91 Å². The Labute approximate surface area is 126 Å². The van der Waals surface area contributed by atoms with Crippen LogP contribution in [0.3, 0.4) is 0 Å². The zero-order chi connectivity index (χ0) is 14.7. The van der Waals surface area contributed by atoms with Crippen molar-refractivity contribution in [2.75, 3.05) is 31.1 Å². The highest BCUT2D eigenvalue weighted by Gasteiger charge is 2.32. The third-order valence-electron chi connectivity index (χ3n) is 5.08. The Kier molecular flexibility index (Phi) is 4.15. The smallest absolute Gasteiger partial charge is 0.239 e. The zero-order valence-electron chi connectivity index (χ0n) is 12.6. The van der Waals surface area contributed by atoms with E-state index in [1.165, 1.54) is 37.7 Å². The Morgan fingerprint density at radius 1 is 1.14 bits per heavy atom. The number of piperazine rings is 1. The van der Waals surface area contributed by atoms with Crippen molar-refractivity contribution in [1.29, 1.82) is 0 Å². The molecule has 1 saturated carbocycles. The summed E-state index contributed by atoms with van der Waals surface area (Å²) in [5.74, 6) is 0.107. The Morgan fingerprint density at radius 3 is 2.48 bits per heavy atom. The SMILES string of the molecule is NCC1(c2ccc(N3CCNC(=O)C3)cc2)CCCCC1. The lowest BCUT2D eigenvalue weighted by atomic mass is 9.69. The Hall–Kier alpha value is -1.55. The average molecular weight is 287 g/mol. The van der Waals surface area contributed by atoms with Gasteiger partial charge < -0.3 is 16.0 Å². The molecule has 0 atom stereocenters. The lowest BCUT2D eigenvalue weighted by Gasteiger charge is -2.37. The molecule has 2 aliphatic rings. The molecule has 1 heterocycles. The van der Waals surface area contributed by atoms with Gasteiger partial charge in [0.05, 0.1) is 6.54 Å². The van der Waals surface area contributed by atoms with Gasteiger partial charge in [0.25, 0.3) is 0 Å². The summed E-state index contributed by atoms with van der Waals surface area (Å²) >= 11 is 0. The average Bonchev–Trinajstić information content (AvgIpc) is 2.56. The summed E-state index contributed by atoms with van der Waals surface area (Å²) in [7, 11) is 0. The molecule has 0 aromatic heterocycles. The van der Waals surface area contributed by atoms with Crippen LogP contribution < -0.4 is 16.0 Å². The molecule has 3 rings (SSSR count). The van der Waals surface area contributed by atoms with E-state index in [4.69, 9.17) is 5.73 Å². The number of nitrogens with one attached hydrogen (secondary N) is 1. The second kappa shape index (κ2) is 6.06. The first-order valence-electron chi connectivity index (χ1n) is 8.06. The van der Waals surface area contributed by atoms with E-state index < -0.39 is 0 Å². The minimum absolute atomic E-state index is 0.107. The molecule has 114 valence electrons. The van der Waals surface area contributed by atoms with Crippen LogP contribution in [0.15, 0.2) is 24.3 Å². The van der Waals surface area contributed by atoms with Gasteiger partial charge in [-0.15, -0.1) is 0 Å². The van der Waals surface area contributed by atoms with E-state index >= 15 is 0 Å². The molecule has 0 unspecified atom stereocenters. The molecule has 1 amide bonds. The molecular weight excluding hydrogens is 262 g/mol. The van der Waals surface area contributed by atoms with Crippen LogP contribution in [0.5, 0.6) is 0 Å². The highest BCUT2D eigenvalue weighted by atomic mass is 16.2. The number of anilines is 1. The fourth-order valence-corrected chi connectivity index (χ4v) is 3.72. The van der Waals surface area contributed by atoms with E-state index in [-0.39, 0.29) is 11.3 Å². The number of benzene rings is 1. The van der Waals surface area contributed by atoms with Crippen LogP contribution in [0, 0.1) is 0 Å². The first-order valence-corrected chi connectivity index (χ1v) is 8.06. The monoisotopic (exact) mass is 287 g/mol. The van der Waals surface area contributed by atoms with Crippen LogP contribution in [0.2, 0.25) is 0 Å². The summed E-state index contributed by atoms with van der Waals surface area (Å²) in [6, 6.07) is 8.75. The minimum Gasteiger partial charge on any atom is -0.360 e. The number of carbonyl (C=O) groups is 1. The molecule has 1 aromatic rings. The van der Waals surface area contributed by atoms with E-state index in [0.29, 0.717) is 6.54 Å². The van der Waals surface area contributed by atoms with Gasteiger partial charge in [-0.05, 0) is 30.5 Å². The Balaban J connectivity index is 1.78. The summed E-state index contributed by atoms with van der Waals surface area (Å²) < 4.78 is 0. The number of hydrogen-bond acceptors (Lipinski definition) is 3. The molecule has 21 heavy (non-hydrogen) atoms. The second-order valence-corrected chi connectivity index (χ2v) is 6.36. The molecule has 4 heteroatoms. The van der Waals surface area contributed by atoms with Crippen molar-refractivity contribution in [1.82, 2.24) is 5.32 Å². The fraction of sp³-hybridized carbons (Fsp3) is 0.588. The van der Waals surface area contributed by atoms with Crippen LogP contribution in [0.1, 0.15) is 37.7 Å². The van der Waals surface area contributed by atoms with Gasteiger partial charge in [0.1, 0.15) is 0 Å². The van der Waals surface area contributed by atoms with E-state index in [9.17, 15) is 4.79 Å². The van der Waals surface area contributed by atoms with E-state index in [0.717, 1.165) is 25.3 Å². The van der Waals surface area contributed by atoms with Crippen molar-refractivity contribution >= 4 is 11.6 Å². The summed E-state index contributed by atoms with van der Waals surface area (Å²) in [5.41, 5.74) is 8.79. The summed E-state index contributed by atoms with van der Waals surface area (Å²) in [5, 5.41) is 2.86. The Bertz CT molecular complexity index is 491. The number of hydrogen-bond donors (Lipinski definition) is 2. The van der Waals surface area contributed by atoms with E-state index in [2.05, 4.69) is 34.5 Å². The molecular formula is C17H25N3O. The molecule has 0 radical (unpaired) electrons. The van der Waals surface area contributed by atoms with Crippen LogP contribution in [-0.2, 0) is 10.2 Å². The Morgan fingerprint density at radius 2 is 1.86 bits per heavy atom. The molecule has 3 N–H and O–H groups in total. The van der Waals surface area contributed by atoms with Crippen molar-refractivity contribution in [2.24, 2.45) is 5.73 Å².